The molecular weight excluding hydrogens is 381 g/mol. The topological polar surface area (TPSA) is 77.0 Å². The number of carbonyl (C=O) groups is 1. The monoisotopic (exact) mass is 401 g/mol. The molecule has 0 atom stereocenters. The number of aromatic amines is 1. The summed E-state index contributed by atoms with van der Waals surface area (Å²) >= 11 is 0. The molecule has 0 fully saturated rings. The number of benzene rings is 2. The number of pyridine rings is 1. The quantitative estimate of drug-likeness (QED) is 0.723. The minimum atomic E-state index is -0.547. The van der Waals surface area contributed by atoms with Crippen LogP contribution < -0.4 is 5.56 Å². The van der Waals surface area contributed by atoms with Crippen LogP contribution in [-0.2, 0) is 11.2 Å². The molecule has 0 unspecified atom stereocenters. The van der Waals surface area contributed by atoms with E-state index in [4.69, 9.17) is 5.26 Å². The first-order valence-electron chi connectivity index (χ1n) is 9.83. The average Bonchev–Trinajstić information content (AvgIpc) is 2.77. The van der Waals surface area contributed by atoms with E-state index in [1.165, 1.54) is 11.6 Å². The van der Waals surface area contributed by atoms with E-state index in [1.807, 2.05) is 18.2 Å². The Bertz CT molecular complexity index is 1240. The van der Waals surface area contributed by atoms with Gasteiger partial charge in [-0.1, -0.05) is 30.3 Å². The van der Waals surface area contributed by atoms with Crippen molar-refractivity contribution < 1.29 is 9.18 Å². The lowest BCUT2D eigenvalue weighted by molar-refractivity contribution is -0.130. The van der Waals surface area contributed by atoms with Gasteiger partial charge in [0.2, 0.25) is 5.91 Å². The lowest BCUT2D eigenvalue weighted by Gasteiger charge is -2.27. The lowest BCUT2D eigenvalue weighted by atomic mass is 9.98. The molecule has 0 spiro atoms. The normalized spacial score (nSPS) is 13.7. The third-order valence-electron chi connectivity index (χ3n) is 5.43. The highest BCUT2D eigenvalue weighted by Gasteiger charge is 2.18. The van der Waals surface area contributed by atoms with Crippen molar-refractivity contribution in [3.63, 3.8) is 0 Å². The highest BCUT2D eigenvalue weighted by Crippen LogP contribution is 2.23. The molecule has 4 rings (SSSR count). The molecule has 6 heteroatoms. The summed E-state index contributed by atoms with van der Waals surface area (Å²) in [6.07, 6.45) is 3.47. The van der Waals surface area contributed by atoms with Crippen LogP contribution in [0, 0.1) is 17.1 Å². The molecule has 150 valence electrons. The van der Waals surface area contributed by atoms with Crippen molar-refractivity contribution in [3.8, 4) is 6.07 Å². The molecule has 1 aliphatic rings. The molecule has 1 aromatic heterocycles. The van der Waals surface area contributed by atoms with Crippen molar-refractivity contribution in [3.05, 3.63) is 87.6 Å². The van der Waals surface area contributed by atoms with Crippen molar-refractivity contribution in [1.29, 1.82) is 5.26 Å². The zero-order valence-electron chi connectivity index (χ0n) is 16.3. The van der Waals surface area contributed by atoms with Crippen LogP contribution in [-0.4, -0.2) is 28.9 Å². The van der Waals surface area contributed by atoms with Crippen molar-refractivity contribution in [2.75, 3.05) is 13.1 Å². The Morgan fingerprint density at radius 3 is 2.70 bits per heavy atom. The molecule has 0 saturated carbocycles. The van der Waals surface area contributed by atoms with E-state index in [9.17, 15) is 14.0 Å². The molecule has 0 radical (unpaired) electrons. The zero-order valence-corrected chi connectivity index (χ0v) is 16.3. The average molecular weight is 401 g/mol. The van der Waals surface area contributed by atoms with E-state index >= 15 is 0 Å². The lowest BCUT2D eigenvalue weighted by Crippen LogP contribution is -2.34. The first kappa shape index (κ1) is 19.6. The Hall–Kier alpha value is -3.72. The van der Waals surface area contributed by atoms with Gasteiger partial charge in [0.1, 0.15) is 5.82 Å². The highest BCUT2D eigenvalue weighted by molar-refractivity contribution is 5.83. The maximum absolute atomic E-state index is 13.8. The second kappa shape index (κ2) is 8.34. The van der Waals surface area contributed by atoms with Gasteiger partial charge in [-0.05, 0) is 53.6 Å². The number of halogens is 1. The van der Waals surface area contributed by atoms with Crippen LogP contribution in [0.15, 0.2) is 59.4 Å². The fourth-order valence-corrected chi connectivity index (χ4v) is 3.78. The number of amides is 1. The Balaban J connectivity index is 1.39. The molecule has 1 N–H and O–H groups in total. The van der Waals surface area contributed by atoms with Gasteiger partial charge in [-0.2, -0.15) is 5.26 Å². The minimum absolute atomic E-state index is 0.0188. The van der Waals surface area contributed by atoms with E-state index in [0.29, 0.717) is 36.2 Å². The van der Waals surface area contributed by atoms with Crippen LogP contribution in [0.1, 0.15) is 29.7 Å². The number of hydrogen-bond acceptors (Lipinski definition) is 3. The summed E-state index contributed by atoms with van der Waals surface area (Å²) in [7, 11) is 0. The van der Waals surface area contributed by atoms with E-state index < -0.39 is 11.4 Å². The summed E-state index contributed by atoms with van der Waals surface area (Å²) in [6.45, 7) is 1.16. The predicted molar refractivity (Wildman–Crippen MR) is 113 cm³/mol. The number of H-pyrrole nitrogens is 1. The highest BCUT2D eigenvalue weighted by atomic mass is 19.1. The smallest absolute Gasteiger partial charge is 0.258 e. The number of rotatable bonds is 4. The molecule has 0 saturated heterocycles. The second-order valence-electron chi connectivity index (χ2n) is 7.34. The number of hydrogen-bond donors (Lipinski definition) is 1. The maximum Gasteiger partial charge on any atom is 0.258 e. The first-order valence-corrected chi connectivity index (χ1v) is 9.83. The van der Waals surface area contributed by atoms with Gasteiger partial charge in [0.25, 0.3) is 5.56 Å². The minimum Gasteiger partial charge on any atom is -0.339 e. The number of aromatic nitrogens is 1. The summed E-state index contributed by atoms with van der Waals surface area (Å²) in [5.74, 6) is -0.528. The molecule has 0 aliphatic carbocycles. The molecule has 1 amide bonds. The van der Waals surface area contributed by atoms with Crippen LogP contribution in [0.2, 0.25) is 0 Å². The number of carbonyl (C=O) groups excluding carboxylic acids is 1. The summed E-state index contributed by atoms with van der Waals surface area (Å²) in [5, 5.41) is 9.48. The van der Waals surface area contributed by atoms with E-state index in [0.717, 1.165) is 12.0 Å². The van der Waals surface area contributed by atoms with Crippen molar-refractivity contribution in [2.45, 2.75) is 19.3 Å². The molecule has 2 aromatic carbocycles. The fourth-order valence-electron chi connectivity index (χ4n) is 3.78. The number of nitrogens with zero attached hydrogens (tertiary/aromatic N) is 2. The Morgan fingerprint density at radius 2 is 2.00 bits per heavy atom. The number of nitriles is 1. The molecule has 3 aromatic rings. The molecule has 2 heterocycles. The van der Waals surface area contributed by atoms with Gasteiger partial charge < -0.3 is 9.88 Å². The van der Waals surface area contributed by atoms with E-state index in [-0.39, 0.29) is 17.7 Å². The van der Waals surface area contributed by atoms with Crippen molar-refractivity contribution in [2.24, 2.45) is 0 Å². The molecule has 0 bridgehead atoms. The van der Waals surface area contributed by atoms with Crippen molar-refractivity contribution in [1.82, 2.24) is 9.88 Å². The van der Waals surface area contributed by atoms with Gasteiger partial charge in [-0.3, -0.25) is 9.59 Å². The summed E-state index contributed by atoms with van der Waals surface area (Å²) in [4.78, 5) is 29.3. The second-order valence-corrected chi connectivity index (χ2v) is 7.34. The van der Waals surface area contributed by atoms with E-state index in [2.05, 4.69) is 11.1 Å². The van der Waals surface area contributed by atoms with Crippen molar-refractivity contribution >= 4 is 22.3 Å². The molecular formula is C24H20FN3O2. The molecule has 30 heavy (non-hydrogen) atoms. The van der Waals surface area contributed by atoms with Gasteiger partial charge >= 0.3 is 0 Å². The summed E-state index contributed by atoms with van der Waals surface area (Å²) < 4.78 is 13.8. The third kappa shape index (κ3) is 4.01. The molecule has 5 nitrogen and oxygen atoms in total. The Labute approximate surface area is 173 Å². The van der Waals surface area contributed by atoms with Gasteiger partial charge in [0, 0.05) is 25.2 Å². The SMILES string of the molecule is N#Cc1ccc(C2=CCN(C(=O)CCc3cc4cccc(F)c4c(=O)[nH]3)CC2)cc1. The molecule has 1 aliphatic heterocycles. The fraction of sp³-hybridized carbons (Fsp3) is 0.208. The number of nitrogens with one attached hydrogen (secondary N) is 1. The zero-order chi connectivity index (χ0) is 21.1. The standard InChI is InChI=1S/C24H20FN3O2/c25-21-3-1-2-19-14-20(27-24(30)23(19)21)8-9-22(29)28-12-10-18(11-13-28)17-6-4-16(15-26)5-7-17/h1-7,10,14H,8-9,11-13H2,(H,27,30). The van der Waals surface area contributed by atoms with E-state index in [1.54, 1.807) is 35.2 Å². The number of fused-ring (bicyclic) bond motifs is 1. The maximum atomic E-state index is 13.8. The van der Waals surface area contributed by atoms with Crippen LogP contribution in [0.3, 0.4) is 0 Å². The van der Waals surface area contributed by atoms with Crippen LogP contribution >= 0.6 is 0 Å². The van der Waals surface area contributed by atoms with Gasteiger partial charge in [0.05, 0.1) is 17.0 Å². The third-order valence-corrected chi connectivity index (χ3v) is 5.43. The van der Waals surface area contributed by atoms with Crippen LogP contribution in [0.25, 0.3) is 16.3 Å². The number of aryl methyl sites for hydroxylation is 1. The predicted octanol–water partition coefficient (Wildman–Crippen LogP) is 3.79. The summed E-state index contributed by atoms with van der Waals surface area (Å²) in [5.41, 5.74) is 3.02. The Kier molecular flexibility index (Phi) is 5.44. The Morgan fingerprint density at radius 1 is 1.20 bits per heavy atom. The van der Waals surface area contributed by atoms with Gasteiger partial charge in [-0.15, -0.1) is 0 Å². The first-order chi connectivity index (χ1) is 14.5. The largest absolute Gasteiger partial charge is 0.339 e. The van der Waals surface area contributed by atoms with Crippen LogP contribution in [0.5, 0.6) is 0 Å². The van der Waals surface area contributed by atoms with Gasteiger partial charge in [0.15, 0.2) is 0 Å². The summed E-state index contributed by atoms with van der Waals surface area (Å²) in [6, 6.07) is 15.8. The van der Waals surface area contributed by atoms with Gasteiger partial charge in [-0.25, -0.2) is 4.39 Å². The van der Waals surface area contributed by atoms with Crippen LogP contribution in [0.4, 0.5) is 4.39 Å².